The minimum atomic E-state index is 0.268. The van der Waals surface area contributed by atoms with E-state index < -0.39 is 0 Å². The first-order valence-electron chi connectivity index (χ1n) is 12.7. The second kappa shape index (κ2) is 9.71. The van der Waals surface area contributed by atoms with Gasteiger partial charge in [0.25, 0.3) is 0 Å². The fraction of sp³-hybridized carbons (Fsp3) is 0.118. The van der Waals surface area contributed by atoms with Crippen LogP contribution in [0.2, 0.25) is 0 Å². The van der Waals surface area contributed by atoms with Gasteiger partial charge in [-0.3, -0.25) is 0 Å². The van der Waals surface area contributed by atoms with Crippen molar-refractivity contribution in [2.75, 3.05) is 0 Å². The van der Waals surface area contributed by atoms with E-state index in [2.05, 4.69) is 143 Å². The van der Waals surface area contributed by atoms with E-state index in [-0.39, 0.29) is 6.04 Å². The van der Waals surface area contributed by atoms with Crippen LogP contribution in [0.1, 0.15) is 41.8 Å². The van der Waals surface area contributed by atoms with E-state index in [1.165, 1.54) is 53.1 Å². The molecule has 182 valence electrons. The number of allylic oxidation sites excluding steroid dienone is 5. The van der Waals surface area contributed by atoms with E-state index in [1.807, 2.05) is 12.2 Å². The highest BCUT2D eigenvalue weighted by Gasteiger charge is 2.24. The summed E-state index contributed by atoms with van der Waals surface area (Å²) in [5, 5.41) is 3.85. The van der Waals surface area contributed by atoms with E-state index in [4.69, 9.17) is 0 Å². The van der Waals surface area contributed by atoms with Crippen molar-refractivity contribution in [3.05, 3.63) is 124 Å². The fourth-order valence-electron chi connectivity index (χ4n) is 5.75. The van der Waals surface area contributed by atoms with Crippen LogP contribution in [-0.2, 0) is 6.54 Å². The minimum Gasteiger partial charge on any atom is -0.335 e. The molecule has 2 aromatic heterocycles. The van der Waals surface area contributed by atoms with Crippen molar-refractivity contribution in [1.29, 1.82) is 0 Å². The summed E-state index contributed by atoms with van der Waals surface area (Å²) in [6, 6.07) is 22.4. The molecule has 2 heterocycles. The van der Waals surface area contributed by atoms with Crippen molar-refractivity contribution in [3.8, 4) is 0 Å². The second-order valence-corrected chi connectivity index (χ2v) is 11.3. The largest absolute Gasteiger partial charge is 0.335 e. The normalized spacial score (nSPS) is 15.7. The van der Waals surface area contributed by atoms with Gasteiger partial charge in [0, 0.05) is 33.8 Å². The molecular formula is C34H29IN2. The van der Waals surface area contributed by atoms with Gasteiger partial charge in [-0.2, -0.15) is 0 Å². The number of nitrogens with zero attached hydrogens (tertiary/aromatic N) is 2. The molecule has 3 heteroatoms. The first-order valence-corrected chi connectivity index (χ1v) is 13.8. The molecule has 1 unspecified atom stereocenters. The highest BCUT2D eigenvalue weighted by atomic mass is 127. The van der Waals surface area contributed by atoms with Gasteiger partial charge in [0.1, 0.15) is 0 Å². The van der Waals surface area contributed by atoms with Crippen LogP contribution in [0.5, 0.6) is 0 Å². The zero-order valence-corrected chi connectivity index (χ0v) is 23.2. The van der Waals surface area contributed by atoms with Gasteiger partial charge in [0.15, 0.2) is 0 Å². The standard InChI is InChI=1S/C34H29IN2/c1-4-24-15-17-25(18-16-24)22-36-30-14-10-9-13-28(30)29-19-20-31-33(34(29)36)27(5-2)32(21-23(3)35)37(31)26-11-7-6-8-12-26/h4-11,13-21,26H,1-2,12,22H2,3H3/b23-21-. The first-order chi connectivity index (χ1) is 18.1. The summed E-state index contributed by atoms with van der Waals surface area (Å²) < 4.78 is 6.25. The third kappa shape index (κ3) is 4.02. The van der Waals surface area contributed by atoms with Crippen molar-refractivity contribution in [3.63, 3.8) is 0 Å². The highest BCUT2D eigenvalue weighted by molar-refractivity contribution is 14.1. The van der Waals surface area contributed by atoms with Crippen LogP contribution in [-0.4, -0.2) is 9.13 Å². The molecular weight excluding hydrogens is 563 g/mol. The van der Waals surface area contributed by atoms with E-state index in [0.717, 1.165) is 18.5 Å². The molecule has 0 aliphatic heterocycles. The Bertz CT molecular complexity index is 1770. The van der Waals surface area contributed by atoms with Gasteiger partial charge in [-0.1, -0.05) is 98.1 Å². The lowest BCUT2D eigenvalue weighted by Gasteiger charge is -2.19. The van der Waals surface area contributed by atoms with Crippen LogP contribution in [0.15, 0.2) is 102 Å². The third-order valence-electron chi connectivity index (χ3n) is 7.36. The summed E-state index contributed by atoms with van der Waals surface area (Å²) in [6.45, 7) is 11.2. The zero-order chi connectivity index (χ0) is 25.5. The van der Waals surface area contributed by atoms with E-state index in [9.17, 15) is 0 Å². The van der Waals surface area contributed by atoms with Crippen LogP contribution in [0.25, 0.3) is 50.9 Å². The molecule has 0 N–H and O–H groups in total. The van der Waals surface area contributed by atoms with Crippen LogP contribution in [0, 0.1) is 0 Å². The number of halogens is 1. The number of hydrogen-bond donors (Lipinski definition) is 0. The third-order valence-corrected chi connectivity index (χ3v) is 7.67. The van der Waals surface area contributed by atoms with E-state index in [0.29, 0.717) is 0 Å². The number of rotatable bonds is 6. The predicted octanol–water partition coefficient (Wildman–Crippen LogP) is 9.94. The summed E-state index contributed by atoms with van der Waals surface area (Å²) in [5.74, 6) is 0. The van der Waals surface area contributed by atoms with Crippen LogP contribution < -0.4 is 0 Å². The Morgan fingerprint density at radius 3 is 2.46 bits per heavy atom. The second-order valence-electron chi connectivity index (χ2n) is 9.63. The topological polar surface area (TPSA) is 9.86 Å². The Kier molecular flexibility index (Phi) is 6.25. The number of benzene rings is 3. The average Bonchev–Trinajstić information content (AvgIpc) is 3.41. The molecule has 0 radical (unpaired) electrons. The Balaban J connectivity index is 1.73. The lowest BCUT2D eigenvalue weighted by atomic mass is 10.1. The summed E-state index contributed by atoms with van der Waals surface area (Å²) in [6.07, 6.45) is 16.1. The van der Waals surface area contributed by atoms with Crippen LogP contribution in [0.4, 0.5) is 0 Å². The Morgan fingerprint density at radius 1 is 0.946 bits per heavy atom. The SMILES string of the molecule is C=Cc1ccc(Cn2c3ccccc3c3ccc4c(c(C=C)c(/C=C(/C)I)n4C4C=CC=CC4)c32)cc1. The molecule has 2 nitrogen and oxygen atoms in total. The van der Waals surface area contributed by atoms with Crippen molar-refractivity contribution < 1.29 is 0 Å². The van der Waals surface area contributed by atoms with E-state index >= 15 is 0 Å². The average molecular weight is 593 g/mol. The quantitative estimate of drug-likeness (QED) is 0.174. The fourth-order valence-corrected chi connectivity index (χ4v) is 6.05. The molecule has 1 aliphatic rings. The van der Waals surface area contributed by atoms with Gasteiger partial charge < -0.3 is 9.13 Å². The van der Waals surface area contributed by atoms with Gasteiger partial charge in [0.05, 0.1) is 22.8 Å². The molecule has 0 spiro atoms. The molecule has 37 heavy (non-hydrogen) atoms. The molecule has 6 rings (SSSR count). The number of para-hydroxylation sites is 1. The summed E-state index contributed by atoms with van der Waals surface area (Å²) in [5.41, 5.74) is 8.61. The molecule has 0 saturated heterocycles. The molecule has 0 amide bonds. The van der Waals surface area contributed by atoms with Crippen molar-refractivity contribution >= 4 is 73.5 Å². The van der Waals surface area contributed by atoms with E-state index in [1.54, 1.807) is 0 Å². The Labute approximate surface area is 231 Å². The van der Waals surface area contributed by atoms with Crippen molar-refractivity contribution in [2.24, 2.45) is 0 Å². The van der Waals surface area contributed by atoms with Gasteiger partial charge in [-0.15, -0.1) is 0 Å². The Hall–Kier alpha value is -3.57. The van der Waals surface area contributed by atoms with Gasteiger partial charge >= 0.3 is 0 Å². The smallest absolute Gasteiger partial charge is 0.0596 e. The summed E-state index contributed by atoms with van der Waals surface area (Å²) in [7, 11) is 0. The lowest BCUT2D eigenvalue weighted by molar-refractivity contribution is 0.624. The first kappa shape index (κ1) is 23.8. The number of hydrogen-bond acceptors (Lipinski definition) is 0. The van der Waals surface area contributed by atoms with Crippen molar-refractivity contribution in [2.45, 2.75) is 25.9 Å². The maximum atomic E-state index is 4.31. The summed E-state index contributed by atoms with van der Waals surface area (Å²) in [4.78, 5) is 0. The van der Waals surface area contributed by atoms with Gasteiger partial charge in [0.2, 0.25) is 0 Å². The molecule has 0 bridgehead atoms. The lowest BCUT2D eigenvalue weighted by Crippen LogP contribution is -2.09. The molecule has 5 aromatic rings. The van der Waals surface area contributed by atoms with Crippen molar-refractivity contribution in [1.82, 2.24) is 9.13 Å². The van der Waals surface area contributed by atoms with Crippen LogP contribution in [0.3, 0.4) is 0 Å². The highest BCUT2D eigenvalue weighted by Crippen LogP contribution is 2.42. The van der Waals surface area contributed by atoms with Gasteiger partial charge in [-0.25, -0.2) is 0 Å². The van der Waals surface area contributed by atoms with Crippen LogP contribution >= 0.6 is 22.6 Å². The predicted molar refractivity (Wildman–Crippen MR) is 170 cm³/mol. The summed E-state index contributed by atoms with van der Waals surface area (Å²) >= 11 is 2.42. The molecule has 1 aliphatic carbocycles. The minimum absolute atomic E-state index is 0.268. The maximum Gasteiger partial charge on any atom is 0.0596 e. The monoisotopic (exact) mass is 592 g/mol. The molecule has 3 aromatic carbocycles. The molecule has 1 atom stereocenters. The zero-order valence-electron chi connectivity index (χ0n) is 21.0. The molecule has 0 fully saturated rings. The molecule has 0 saturated carbocycles. The maximum absolute atomic E-state index is 4.31. The number of aromatic nitrogens is 2. The Morgan fingerprint density at radius 2 is 1.76 bits per heavy atom. The van der Waals surface area contributed by atoms with Gasteiger partial charge in [-0.05, 0) is 68.9 Å². The number of fused-ring (bicyclic) bond motifs is 5.